The zero-order valence-electron chi connectivity index (χ0n) is 12.3. The number of anilines is 2. The van der Waals surface area contributed by atoms with E-state index in [-0.39, 0.29) is 17.2 Å². The van der Waals surface area contributed by atoms with Crippen molar-refractivity contribution < 1.29 is 13.9 Å². The highest BCUT2D eigenvalue weighted by Crippen LogP contribution is 2.19. The Morgan fingerprint density at radius 3 is 2.75 bits per heavy atom. The van der Waals surface area contributed by atoms with Gasteiger partial charge in [-0.05, 0) is 44.9 Å². The summed E-state index contributed by atoms with van der Waals surface area (Å²) in [6, 6.07) is 3.90. The molecule has 112 valence electrons. The summed E-state index contributed by atoms with van der Waals surface area (Å²) in [5.41, 5.74) is 6.13. The molecular formula is C15H23FN2O2. The van der Waals surface area contributed by atoms with Gasteiger partial charge < -0.3 is 15.8 Å². The lowest BCUT2D eigenvalue weighted by molar-refractivity contribution is -0.117. The van der Waals surface area contributed by atoms with Crippen LogP contribution >= 0.6 is 0 Å². The Bertz CT molecular complexity index is 461. The van der Waals surface area contributed by atoms with Gasteiger partial charge in [-0.1, -0.05) is 6.92 Å². The van der Waals surface area contributed by atoms with Crippen LogP contribution in [0.4, 0.5) is 15.8 Å². The van der Waals surface area contributed by atoms with Crippen LogP contribution in [0.3, 0.4) is 0 Å². The average molecular weight is 282 g/mol. The molecular weight excluding hydrogens is 259 g/mol. The highest BCUT2D eigenvalue weighted by atomic mass is 19.1. The molecule has 3 N–H and O–H groups in total. The van der Waals surface area contributed by atoms with Gasteiger partial charge >= 0.3 is 0 Å². The molecule has 0 radical (unpaired) electrons. The maximum Gasteiger partial charge on any atom is 0.224 e. The van der Waals surface area contributed by atoms with Crippen LogP contribution in [0, 0.1) is 5.82 Å². The fourth-order valence-corrected chi connectivity index (χ4v) is 1.54. The first-order valence-corrected chi connectivity index (χ1v) is 6.83. The standard InChI is InChI=1S/C15H23FN2O2/c1-4-15(2,3)20-9-5-6-14(19)18-13-8-7-11(16)10-12(13)17/h7-8,10H,4-6,9,17H2,1-3H3,(H,18,19). The number of nitrogen functional groups attached to an aromatic ring is 1. The Kier molecular flexibility index (Phi) is 5.95. The number of carbonyl (C=O) groups is 1. The molecule has 0 saturated heterocycles. The SMILES string of the molecule is CCC(C)(C)OCCCC(=O)Nc1ccc(F)cc1N. The van der Waals surface area contributed by atoms with Gasteiger partial charge in [-0.15, -0.1) is 0 Å². The summed E-state index contributed by atoms with van der Waals surface area (Å²) in [7, 11) is 0. The number of carbonyl (C=O) groups excluding carboxylic acids is 1. The Morgan fingerprint density at radius 1 is 1.45 bits per heavy atom. The lowest BCUT2D eigenvalue weighted by Crippen LogP contribution is -2.24. The van der Waals surface area contributed by atoms with E-state index in [4.69, 9.17) is 10.5 Å². The van der Waals surface area contributed by atoms with Crippen molar-refractivity contribution in [3.63, 3.8) is 0 Å². The van der Waals surface area contributed by atoms with Gasteiger partial charge in [0.2, 0.25) is 5.91 Å². The van der Waals surface area contributed by atoms with E-state index < -0.39 is 5.82 Å². The summed E-state index contributed by atoms with van der Waals surface area (Å²) in [4.78, 5) is 11.7. The van der Waals surface area contributed by atoms with Crippen LogP contribution in [-0.2, 0) is 9.53 Å². The molecule has 20 heavy (non-hydrogen) atoms. The smallest absolute Gasteiger partial charge is 0.224 e. The summed E-state index contributed by atoms with van der Waals surface area (Å²) in [5, 5.41) is 2.66. The van der Waals surface area contributed by atoms with E-state index in [9.17, 15) is 9.18 Å². The number of ether oxygens (including phenoxy) is 1. The fraction of sp³-hybridized carbons (Fsp3) is 0.533. The molecule has 0 aliphatic rings. The Hall–Kier alpha value is -1.62. The number of hydrogen-bond acceptors (Lipinski definition) is 3. The van der Waals surface area contributed by atoms with Crippen LogP contribution in [0.25, 0.3) is 0 Å². The molecule has 1 aromatic rings. The third-order valence-corrected chi connectivity index (χ3v) is 3.18. The van der Waals surface area contributed by atoms with Crippen LogP contribution in [0.1, 0.15) is 40.0 Å². The van der Waals surface area contributed by atoms with Gasteiger partial charge in [-0.25, -0.2) is 4.39 Å². The molecule has 4 nitrogen and oxygen atoms in total. The van der Waals surface area contributed by atoms with Gasteiger partial charge in [0.05, 0.1) is 17.0 Å². The molecule has 0 fully saturated rings. The van der Waals surface area contributed by atoms with Crippen LogP contribution in [0.2, 0.25) is 0 Å². The van der Waals surface area contributed by atoms with Gasteiger partial charge in [0.15, 0.2) is 0 Å². The second kappa shape index (κ2) is 7.24. The second-order valence-corrected chi connectivity index (χ2v) is 5.35. The monoisotopic (exact) mass is 282 g/mol. The fourth-order valence-electron chi connectivity index (χ4n) is 1.54. The van der Waals surface area contributed by atoms with Gasteiger partial charge in [0.1, 0.15) is 5.82 Å². The quantitative estimate of drug-likeness (QED) is 0.595. The molecule has 0 atom stereocenters. The van der Waals surface area contributed by atoms with Gasteiger partial charge in [0.25, 0.3) is 0 Å². The molecule has 0 aromatic heterocycles. The number of rotatable bonds is 7. The maximum absolute atomic E-state index is 12.9. The minimum Gasteiger partial charge on any atom is -0.397 e. The first-order chi connectivity index (χ1) is 9.34. The number of nitrogens with one attached hydrogen (secondary N) is 1. The summed E-state index contributed by atoms with van der Waals surface area (Å²) in [6.07, 6.45) is 1.90. The van der Waals surface area contributed by atoms with Crippen LogP contribution < -0.4 is 11.1 Å². The summed E-state index contributed by atoms with van der Waals surface area (Å²) < 4.78 is 18.5. The summed E-state index contributed by atoms with van der Waals surface area (Å²) in [6.45, 7) is 6.63. The molecule has 5 heteroatoms. The van der Waals surface area contributed by atoms with Gasteiger partial charge in [-0.3, -0.25) is 4.79 Å². The first kappa shape index (κ1) is 16.4. The van der Waals surface area contributed by atoms with E-state index in [1.807, 2.05) is 13.8 Å². The lowest BCUT2D eigenvalue weighted by atomic mass is 10.1. The van der Waals surface area contributed by atoms with E-state index in [0.29, 0.717) is 25.1 Å². The molecule has 1 rings (SSSR count). The predicted molar refractivity (Wildman–Crippen MR) is 79.0 cm³/mol. The molecule has 0 heterocycles. The van der Waals surface area contributed by atoms with Crippen LogP contribution in [-0.4, -0.2) is 18.1 Å². The summed E-state index contributed by atoms with van der Waals surface area (Å²) >= 11 is 0. The highest BCUT2D eigenvalue weighted by molar-refractivity contribution is 5.93. The molecule has 0 saturated carbocycles. The van der Waals surface area contributed by atoms with Crippen LogP contribution in [0.5, 0.6) is 0 Å². The topological polar surface area (TPSA) is 64.3 Å². The second-order valence-electron chi connectivity index (χ2n) is 5.35. The zero-order chi connectivity index (χ0) is 15.2. The summed E-state index contributed by atoms with van der Waals surface area (Å²) in [5.74, 6) is -0.572. The normalized spacial score (nSPS) is 11.4. The zero-order valence-corrected chi connectivity index (χ0v) is 12.3. The van der Waals surface area contributed by atoms with Crippen molar-refractivity contribution in [3.8, 4) is 0 Å². The van der Waals surface area contributed by atoms with Crippen LogP contribution in [0.15, 0.2) is 18.2 Å². The third-order valence-electron chi connectivity index (χ3n) is 3.18. The van der Waals surface area contributed by atoms with Crippen molar-refractivity contribution in [1.82, 2.24) is 0 Å². The van der Waals surface area contributed by atoms with Gasteiger partial charge in [0, 0.05) is 13.0 Å². The Labute approximate surface area is 119 Å². The lowest BCUT2D eigenvalue weighted by Gasteiger charge is -2.23. The Balaban J connectivity index is 2.34. The van der Waals surface area contributed by atoms with E-state index in [2.05, 4.69) is 12.2 Å². The molecule has 0 aliphatic heterocycles. The minimum absolute atomic E-state index is 0.152. The van der Waals surface area contributed by atoms with Crippen molar-refractivity contribution in [2.24, 2.45) is 0 Å². The number of hydrogen-bond donors (Lipinski definition) is 2. The van der Waals surface area contributed by atoms with E-state index in [1.54, 1.807) is 0 Å². The van der Waals surface area contributed by atoms with Crippen molar-refractivity contribution in [1.29, 1.82) is 0 Å². The van der Waals surface area contributed by atoms with E-state index in [1.165, 1.54) is 18.2 Å². The number of benzene rings is 1. The van der Waals surface area contributed by atoms with E-state index in [0.717, 1.165) is 6.42 Å². The number of amides is 1. The molecule has 0 unspecified atom stereocenters. The van der Waals surface area contributed by atoms with Crippen molar-refractivity contribution in [2.45, 2.75) is 45.6 Å². The third kappa shape index (κ3) is 5.57. The molecule has 1 amide bonds. The number of nitrogens with two attached hydrogens (primary N) is 1. The predicted octanol–water partition coefficient (Wildman–Crippen LogP) is 3.33. The average Bonchev–Trinajstić information content (AvgIpc) is 2.38. The van der Waals surface area contributed by atoms with Crippen molar-refractivity contribution in [3.05, 3.63) is 24.0 Å². The van der Waals surface area contributed by atoms with Crippen molar-refractivity contribution >= 4 is 17.3 Å². The Morgan fingerprint density at radius 2 is 2.15 bits per heavy atom. The highest BCUT2D eigenvalue weighted by Gasteiger charge is 2.15. The maximum atomic E-state index is 12.9. The molecule has 1 aromatic carbocycles. The van der Waals surface area contributed by atoms with Gasteiger partial charge in [-0.2, -0.15) is 0 Å². The van der Waals surface area contributed by atoms with Crippen molar-refractivity contribution in [2.75, 3.05) is 17.7 Å². The molecule has 0 bridgehead atoms. The largest absolute Gasteiger partial charge is 0.397 e. The molecule has 0 spiro atoms. The van der Waals surface area contributed by atoms with E-state index >= 15 is 0 Å². The molecule has 0 aliphatic carbocycles. The number of halogens is 1. The minimum atomic E-state index is -0.421. The first-order valence-electron chi connectivity index (χ1n) is 6.83.